The molecular formula is C29H29N3O4. The summed E-state index contributed by atoms with van der Waals surface area (Å²) in [7, 11) is 0. The zero-order valence-corrected chi connectivity index (χ0v) is 20.4. The maximum absolute atomic E-state index is 12.6. The first-order valence-electron chi connectivity index (χ1n) is 11.9. The Morgan fingerprint density at radius 3 is 2.36 bits per heavy atom. The number of hydrogen-bond acceptors (Lipinski definition) is 5. The number of aromatic nitrogens is 1. The Bertz CT molecular complexity index is 1300. The third kappa shape index (κ3) is 6.39. The molecule has 4 aromatic rings. The van der Waals surface area contributed by atoms with Gasteiger partial charge in [0.05, 0.1) is 36.7 Å². The van der Waals surface area contributed by atoms with Gasteiger partial charge < -0.3 is 19.8 Å². The van der Waals surface area contributed by atoms with E-state index in [0.29, 0.717) is 28.6 Å². The van der Waals surface area contributed by atoms with Crippen molar-refractivity contribution < 1.29 is 18.7 Å². The Kier molecular flexibility index (Phi) is 8.13. The van der Waals surface area contributed by atoms with Crippen LogP contribution in [0.25, 0.3) is 11.5 Å². The van der Waals surface area contributed by atoms with E-state index < -0.39 is 0 Å². The van der Waals surface area contributed by atoms with Crippen LogP contribution in [-0.4, -0.2) is 23.4 Å². The normalized spacial score (nSPS) is 11.5. The molecule has 184 valence electrons. The van der Waals surface area contributed by atoms with Crippen LogP contribution in [0.15, 0.2) is 89.3 Å². The van der Waals surface area contributed by atoms with Gasteiger partial charge in [0.15, 0.2) is 0 Å². The van der Waals surface area contributed by atoms with Gasteiger partial charge in [0.2, 0.25) is 17.7 Å². The number of anilines is 1. The Morgan fingerprint density at radius 1 is 0.944 bits per heavy atom. The van der Waals surface area contributed by atoms with Gasteiger partial charge in [-0.15, -0.1) is 0 Å². The largest absolute Gasteiger partial charge is 0.493 e. The van der Waals surface area contributed by atoms with Crippen molar-refractivity contribution in [1.82, 2.24) is 10.3 Å². The van der Waals surface area contributed by atoms with Gasteiger partial charge in [-0.3, -0.25) is 9.59 Å². The minimum atomic E-state index is -0.278. The molecule has 0 bridgehead atoms. The van der Waals surface area contributed by atoms with E-state index in [0.717, 1.165) is 11.3 Å². The van der Waals surface area contributed by atoms with Gasteiger partial charge in [0.1, 0.15) is 17.2 Å². The molecule has 0 radical (unpaired) electrons. The van der Waals surface area contributed by atoms with Crippen LogP contribution in [0.4, 0.5) is 5.69 Å². The van der Waals surface area contributed by atoms with E-state index in [1.54, 1.807) is 13.0 Å². The molecule has 0 fully saturated rings. The second-order valence-electron chi connectivity index (χ2n) is 8.38. The van der Waals surface area contributed by atoms with E-state index in [1.165, 1.54) is 0 Å². The van der Waals surface area contributed by atoms with Crippen molar-refractivity contribution in [3.63, 3.8) is 0 Å². The fraction of sp³-hybridized carbons (Fsp3) is 0.207. The average molecular weight is 484 g/mol. The van der Waals surface area contributed by atoms with Gasteiger partial charge in [-0.2, -0.15) is 0 Å². The smallest absolute Gasteiger partial charge is 0.228 e. The van der Waals surface area contributed by atoms with E-state index in [1.807, 2.05) is 85.8 Å². The van der Waals surface area contributed by atoms with Gasteiger partial charge in [0.25, 0.3) is 0 Å². The molecule has 1 heterocycles. The zero-order chi connectivity index (χ0) is 25.3. The number of benzene rings is 3. The van der Waals surface area contributed by atoms with E-state index in [-0.39, 0.29) is 37.3 Å². The monoisotopic (exact) mass is 483 g/mol. The van der Waals surface area contributed by atoms with Crippen molar-refractivity contribution in [2.45, 2.75) is 32.7 Å². The predicted molar refractivity (Wildman–Crippen MR) is 139 cm³/mol. The first-order valence-corrected chi connectivity index (χ1v) is 11.9. The molecule has 2 amide bonds. The number of ether oxygens (including phenoxy) is 1. The summed E-state index contributed by atoms with van der Waals surface area (Å²) in [4.78, 5) is 29.8. The summed E-state index contributed by atoms with van der Waals surface area (Å²) >= 11 is 0. The summed E-state index contributed by atoms with van der Waals surface area (Å²) in [6.45, 7) is 4.19. The van der Waals surface area contributed by atoms with Crippen LogP contribution in [-0.2, 0) is 16.1 Å². The van der Waals surface area contributed by atoms with Crippen LogP contribution >= 0.6 is 0 Å². The van der Waals surface area contributed by atoms with Gasteiger partial charge in [-0.05, 0) is 43.7 Å². The van der Waals surface area contributed by atoms with Crippen molar-refractivity contribution in [2.24, 2.45) is 0 Å². The molecule has 7 nitrogen and oxygen atoms in total. The number of carbonyl (C=O) groups is 2. The lowest BCUT2D eigenvalue weighted by Gasteiger charge is -2.11. The van der Waals surface area contributed by atoms with Gasteiger partial charge >= 0.3 is 0 Å². The Hall–Kier alpha value is -4.39. The molecule has 1 unspecified atom stereocenters. The van der Waals surface area contributed by atoms with Crippen LogP contribution in [0.5, 0.6) is 5.75 Å². The molecular weight excluding hydrogens is 454 g/mol. The molecule has 7 heteroatoms. The average Bonchev–Trinajstić information content (AvgIpc) is 3.28. The number of amides is 2. The highest BCUT2D eigenvalue weighted by molar-refractivity contribution is 5.94. The van der Waals surface area contributed by atoms with E-state index in [2.05, 4.69) is 15.6 Å². The molecule has 0 saturated carbocycles. The van der Waals surface area contributed by atoms with Crippen LogP contribution < -0.4 is 15.4 Å². The van der Waals surface area contributed by atoms with Crippen molar-refractivity contribution in [2.75, 3.05) is 11.9 Å². The van der Waals surface area contributed by atoms with Crippen molar-refractivity contribution in [3.05, 3.63) is 102 Å². The van der Waals surface area contributed by atoms with Gasteiger partial charge in [-0.25, -0.2) is 4.98 Å². The summed E-state index contributed by atoms with van der Waals surface area (Å²) in [6.07, 6.45) is 0.199. The zero-order valence-electron chi connectivity index (χ0n) is 20.4. The highest BCUT2D eigenvalue weighted by Gasteiger charge is 2.18. The molecule has 2 N–H and O–H groups in total. The molecule has 4 rings (SSSR count). The number of hydrogen-bond donors (Lipinski definition) is 2. The lowest BCUT2D eigenvalue weighted by atomic mass is 10.0. The highest BCUT2D eigenvalue weighted by Crippen LogP contribution is 2.29. The molecule has 1 atom stereocenters. The standard InChI is InChI=1S/C29H29N3O4/c1-20(22-11-5-3-6-12-22)28(34)30-19-26-21(2)36-29(32-26)24-15-9-10-16-25(24)31-27(33)17-18-35-23-13-7-4-8-14-23/h3-16,20H,17-19H2,1-2H3,(H,30,34)(H,31,33). The van der Waals surface area contributed by atoms with Crippen LogP contribution in [0.2, 0.25) is 0 Å². The number of aryl methyl sites for hydroxylation is 1. The summed E-state index contributed by atoms with van der Waals surface area (Å²) in [5.74, 6) is 1.16. The number of para-hydroxylation sites is 2. The fourth-order valence-electron chi connectivity index (χ4n) is 3.69. The van der Waals surface area contributed by atoms with E-state index in [4.69, 9.17) is 9.15 Å². The molecule has 0 aliphatic heterocycles. The van der Waals surface area contributed by atoms with Crippen molar-refractivity contribution >= 4 is 17.5 Å². The lowest BCUT2D eigenvalue weighted by molar-refractivity contribution is -0.122. The topological polar surface area (TPSA) is 93.5 Å². The first-order chi connectivity index (χ1) is 17.5. The quantitative estimate of drug-likeness (QED) is 0.312. The predicted octanol–water partition coefficient (Wildman–Crippen LogP) is 5.48. The molecule has 1 aromatic heterocycles. The van der Waals surface area contributed by atoms with Crippen LogP contribution in [0, 0.1) is 6.92 Å². The van der Waals surface area contributed by atoms with Crippen LogP contribution in [0.1, 0.15) is 36.3 Å². The molecule has 0 spiro atoms. The molecule has 3 aromatic carbocycles. The van der Waals surface area contributed by atoms with Crippen molar-refractivity contribution in [1.29, 1.82) is 0 Å². The highest BCUT2D eigenvalue weighted by atomic mass is 16.5. The Morgan fingerprint density at radius 2 is 1.61 bits per heavy atom. The third-order valence-electron chi connectivity index (χ3n) is 5.79. The minimum Gasteiger partial charge on any atom is -0.493 e. The minimum absolute atomic E-state index is 0.0875. The fourth-order valence-corrected chi connectivity index (χ4v) is 3.69. The first kappa shape index (κ1) is 24.7. The van der Waals surface area contributed by atoms with Gasteiger partial charge in [0, 0.05) is 0 Å². The summed E-state index contributed by atoms with van der Waals surface area (Å²) in [6, 6.07) is 26.3. The molecule has 36 heavy (non-hydrogen) atoms. The maximum atomic E-state index is 12.6. The second kappa shape index (κ2) is 11.8. The number of nitrogens with one attached hydrogen (secondary N) is 2. The lowest BCUT2D eigenvalue weighted by Crippen LogP contribution is -2.27. The Labute approximate surface area is 210 Å². The van der Waals surface area contributed by atoms with E-state index in [9.17, 15) is 9.59 Å². The number of carbonyl (C=O) groups excluding carboxylic acids is 2. The van der Waals surface area contributed by atoms with Crippen molar-refractivity contribution in [3.8, 4) is 17.2 Å². The number of nitrogens with zero attached hydrogens (tertiary/aromatic N) is 1. The molecule has 0 saturated heterocycles. The third-order valence-corrected chi connectivity index (χ3v) is 5.79. The molecule has 0 aliphatic carbocycles. The molecule has 0 aliphatic rings. The second-order valence-corrected chi connectivity index (χ2v) is 8.38. The number of rotatable bonds is 10. The number of oxazole rings is 1. The van der Waals surface area contributed by atoms with Gasteiger partial charge in [-0.1, -0.05) is 60.7 Å². The maximum Gasteiger partial charge on any atom is 0.228 e. The summed E-state index contributed by atoms with van der Waals surface area (Å²) in [5.41, 5.74) is 2.84. The summed E-state index contributed by atoms with van der Waals surface area (Å²) in [5, 5.41) is 5.86. The Balaban J connectivity index is 1.37. The van der Waals surface area contributed by atoms with E-state index >= 15 is 0 Å². The summed E-state index contributed by atoms with van der Waals surface area (Å²) < 4.78 is 11.5. The van der Waals surface area contributed by atoms with Crippen LogP contribution in [0.3, 0.4) is 0 Å². The SMILES string of the molecule is Cc1oc(-c2ccccc2NC(=O)CCOc2ccccc2)nc1CNC(=O)C(C)c1ccccc1.